The normalized spacial score (nSPS) is 19.1. The molecular formula is C15H26N4O5S. The summed E-state index contributed by atoms with van der Waals surface area (Å²) in [6.45, 7) is 4.66. The van der Waals surface area contributed by atoms with Crippen LogP contribution < -0.4 is 0 Å². The molecule has 1 aromatic heterocycles. The van der Waals surface area contributed by atoms with Gasteiger partial charge in [-0.25, -0.2) is 8.42 Å². The first-order valence-corrected chi connectivity index (χ1v) is 10.0. The molecule has 1 aliphatic heterocycles. The van der Waals surface area contributed by atoms with Crippen LogP contribution in [0.1, 0.15) is 38.4 Å². The summed E-state index contributed by atoms with van der Waals surface area (Å²) >= 11 is 0. The molecule has 25 heavy (non-hydrogen) atoms. The fraction of sp³-hybridized carbons (Fsp3) is 0.800. The van der Waals surface area contributed by atoms with Gasteiger partial charge in [0, 0.05) is 46.1 Å². The molecule has 0 N–H and O–H groups in total. The Labute approximate surface area is 148 Å². The van der Waals surface area contributed by atoms with Crippen molar-refractivity contribution in [3.8, 4) is 0 Å². The van der Waals surface area contributed by atoms with Gasteiger partial charge in [0.05, 0.1) is 5.75 Å². The van der Waals surface area contributed by atoms with Crippen molar-refractivity contribution in [2.75, 3.05) is 32.5 Å². The lowest BCUT2D eigenvalue weighted by molar-refractivity contribution is -0.131. The number of sulfonamides is 1. The monoisotopic (exact) mass is 374 g/mol. The van der Waals surface area contributed by atoms with Crippen molar-refractivity contribution in [3.63, 3.8) is 0 Å². The Bertz CT molecular complexity index is 675. The zero-order chi connectivity index (χ0) is 18.4. The Morgan fingerprint density at radius 2 is 2.24 bits per heavy atom. The van der Waals surface area contributed by atoms with Crippen molar-refractivity contribution in [2.45, 2.75) is 45.8 Å². The van der Waals surface area contributed by atoms with Gasteiger partial charge in [0.25, 0.3) is 5.89 Å². The Hall–Kier alpha value is -1.52. The Balaban J connectivity index is 2.00. The van der Waals surface area contributed by atoms with Crippen LogP contribution in [-0.2, 0) is 32.6 Å². The number of methoxy groups -OCH3 is 1. The number of aromatic nitrogens is 2. The van der Waals surface area contributed by atoms with Crippen molar-refractivity contribution in [1.82, 2.24) is 19.3 Å². The lowest BCUT2D eigenvalue weighted by Gasteiger charge is -2.38. The molecule has 0 radical (unpaired) electrons. The Kier molecular flexibility index (Phi) is 6.91. The second-order valence-electron chi connectivity index (χ2n) is 6.05. The quantitative estimate of drug-likeness (QED) is 0.649. The highest BCUT2D eigenvalue weighted by Crippen LogP contribution is 2.19. The smallest absolute Gasteiger partial charge is 0.252 e. The third-order valence-electron chi connectivity index (χ3n) is 4.32. The third kappa shape index (κ3) is 5.23. The minimum atomic E-state index is -3.24. The lowest BCUT2D eigenvalue weighted by atomic mass is 10.1. The summed E-state index contributed by atoms with van der Waals surface area (Å²) in [5.41, 5.74) is 0. The molecule has 0 saturated carbocycles. The van der Waals surface area contributed by atoms with E-state index in [0.717, 1.165) is 12.8 Å². The SMILES string of the molecule is CCS(=O)(=O)N1CCCC(N(CCc2noc(COC)n2)C(C)=O)C1. The lowest BCUT2D eigenvalue weighted by Crippen LogP contribution is -2.52. The predicted octanol–water partition coefficient (Wildman–Crippen LogP) is 0.421. The zero-order valence-electron chi connectivity index (χ0n) is 15.0. The van der Waals surface area contributed by atoms with Crippen LogP contribution in [0.25, 0.3) is 0 Å². The molecule has 1 atom stereocenters. The summed E-state index contributed by atoms with van der Waals surface area (Å²) in [4.78, 5) is 18.0. The minimum Gasteiger partial charge on any atom is -0.375 e. The van der Waals surface area contributed by atoms with E-state index >= 15 is 0 Å². The van der Waals surface area contributed by atoms with Crippen LogP contribution in [0.5, 0.6) is 0 Å². The molecule has 1 saturated heterocycles. The number of ether oxygens (including phenoxy) is 1. The maximum Gasteiger partial charge on any atom is 0.252 e. The van der Waals surface area contributed by atoms with Crippen LogP contribution in [0.2, 0.25) is 0 Å². The van der Waals surface area contributed by atoms with Crippen LogP contribution in [0.15, 0.2) is 4.52 Å². The van der Waals surface area contributed by atoms with Crippen molar-refractivity contribution in [2.24, 2.45) is 0 Å². The van der Waals surface area contributed by atoms with Crippen molar-refractivity contribution >= 4 is 15.9 Å². The molecule has 1 aromatic rings. The number of rotatable bonds is 8. The third-order valence-corrected chi connectivity index (χ3v) is 6.16. The maximum atomic E-state index is 12.1. The van der Waals surface area contributed by atoms with Crippen LogP contribution in [0, 0.1) is 0 Å². The molecule has 2 heterocycles. The Morgan fingerprint density at radius 3 is 2.88 bits per heavy atom. The van der Waals surface area contributed by atoms with Gasteiger partial charge in [0.1, 0.15) is 6.61 Å². The molecule has 1 aliphatic rings. The van der Waals surface area contributed by atoms with Gasteiger partial charge < -0.3 is 14.2 Å². The summed E-state index contributed by atoms with van der Waals surface area (Å²) in [5, 5.41) is 3.87. The van der Waals surface area contributed by atoms with Gasteiger partial charge in [-0.2, -0.15) is 9.29 Å². The van der Waals surface area contributed by atoms with Gasteiger partial charge in [-0.05, 0) is 19.8 Å². The molecule has 0 aliphatic carbocycles. The van der Waals surface area contributed by atoms with E-state index in [2.05, 4.69) is 10.1 Å². The second kappa shape index (κ2) is 8.72. The maximum absolute atomic E-state index is 12.1. The average molecular weight is 374 g/mol. The molecule has 10 heteroatoms. The topological polar surface area (TPSA) is 106 Å². The first-order chi connectivity index (χ1) is 11.9. The molecule has 1 unspecified atom stereocenters. The fourth-order valence-corrected chi connectivity index (χ4v) is 4.17. The van der Waals surface area contributed by atoms with Crippen molar-refractivity contribution < 1.29 is 22.5 Å². The Morgan fingerprint density at radius 1 is 1.48 bits per heavy atom. The van der Waals surface area contributed by atoms with E-state index < -0.39 is 10.0 Å². The molecular weight excluding hydrogens is 348 g/mol. The number of hydrogen-bond donors (Lipinski definition) is 0. The fourth-order valence-electron chi connectivity index (χ4n) is 3.00. The van der Waals surface area contributed by atoms with Crippen LogP contribution >= 0.6 is 0 Å². The highest BCUT2D eigenvalue weighted by Gasteiger charge is 2.32. The van der Waals surface area contributed by atoms with Crippen molar-refractivity contribution in [1.29, 1.82) is 0 Å². The van der Waals surface area contributed by atoms with Gasteiger partial charge in [-0.3, -0.25) is 4.79 Å². The van der Waals surface area contributed by atoms with Crippen LogP contribution in [0.3, 0.4) is 0 Å². The summed E-state index contributed by atoms with van der Waals surface area (Å²) in [7, 11) is -1.70. The number of nitrogens with zero attached hydrogens (tertiary/aromatic N) is 4. The van der Waals surface area contributed by atoms with Gasteiger partial charge in [0.15, 0.2) is 5.82 Å². The van der Waals surface area contributed by atoms with E-state index in [-0.39, 0.29) is 24.3 Å². The molecule has 2 rings (SSSR count). The minimum absolute atomic E-state index is 0.0743. The van der Waals surface area contributed by atoms with Crippen LogP contribution in [-0.4, -0.2) is 72.2 Å². The molecule has 1 fully saturated rings. The summed E-state index contributed by atoms with van der Waals surface area (Å²) in [6, 6.07) is -0.127. The van der Waals surface area contributed by atoms with Crippen molar-refractivity contribution in [3.05, 3.63) is 11.7 Å². The van der Waals surface area contributed by atoms with E-state index in [4.69, 9.17) is 9.26 Å². The van der Waals surface area contributed by atoms with Gasteiger partial charge in [-0.1, -0.05) is 5.16 Å². The van der Waals surface area contributed by atoms with E-state index in [9.17, 15) is 13.2 Å². The highest BCUT2D eigenvalue weighted by molar-refractivity contribution is 7.89. The standard InChI is InChI=1S/C15H26N4O5S/c1-4-25(21,22)18-8-5-6-13(10-18)19(12(2)20)9-7-14-16-15(11-23-3)24-17-14/h13H,4-11H2,1-3H3. The molecule has 0 aromatic carbocycles. The second-order valence-corrected chi connectivity index (χ2v) is 8.31. The molecule has 0 bridgehead atoms. The molecule has 0 spiro atoms. The van der Waals surface area contributed by atoms with Crippen LogP contribution in [0.4, 0.5) is 0 Å². The van der Waals surface area contributed by atoms with Gasteiger partial charge in [0.2, 0.25) is 15.9 Å². The van der Waals surface area contributed by atoms with E-state index in [0.29, 0.717) is 37.8 Å². The first-order valence-electron chi connectivity index (χ1n) is 8.42. The summed E-state index contributed by atoms with van der Waals surface area (Å²) in [5.74, 6) is 0.892. The summed E-state index contributed by atoms with van der Waals surface area (Å²) in [6.07, 6.45) is 1.98. The first kappa shape index (κ1) is 19.8. The number of amides is 1. The average Bonchev–Trinajstić information content (AvgIpc) is 3.03. The van der Waals surface area contributed by atoms with E-state index in [1.54, 1.807) is 18.9 Å². The summed E-state index contributed by atoms with van der Waals surface area (Å²) < 4.78 is 35.7. The van der Waals surface area contributed by atoms with E-state index in [1.807, 2.05) is 0 Å². The number of carbonyl (C=O) groups is 1. The zero-order valence-corrected chi connectivity index (χ0v) is 15.8. The predicted molar refractivity (Wildman–Crippen MR) is 90.2 cm³/mol. The molecule has 9 nitrogen and oxygen atoms in total. The van der Waals surface area contributed by atoms with Gasteiger partial charge in [-0.15, -0.1) is 0 Å². The van der Waals surface area contributed by atoms with Gasteiger partial charge >= 0.3 is 0 Å². The van der Waals surface area contributed by atoms with E-state index in [1.165, 1.54) is 11.2 Å². The highest BCUT2D eigenvalue weighted by atomic mass is 32.2. The molecule has 142 valence electrons. The number of carbonyl (C=O) groups excluding carboxylic acids is 1. The number of piperidine rings is 1. The molecule has 1 amide bonds. The number of hydrogen-bond acceptors (Lipinski definition) is 7. The largest absolute Gasteiger partial charge is 0.375 e.